The summed E-state index contributed by atoms with van der Waals surface area (Å²) in [7, 11) is 0. The molecule has 1 atom stereocenters. The van der Waals surface area contributed by atoms with Crippen molar-refractivity contribution in [3.63, 3.8) is 0 Å². The number of amides is 1. The molecule has 2 aliphatic heterocycles. The quantitative estimate of drug-likeness (QED) is 0.867. The molecule has 1 amide bonds. The van der Waals surface area contributed by atoms with Gasteiger partial charge < -0.3 is 19.7 Å². The largest absolute Gasteiger partial charge is 0.486 e. The molecule has 0 radical (unpaired) electrons. The highest BCUT2D eigenvalue weighted by molar-refractivity contribution is 5.84. The number of likely N-dealkylation sites (N-methyl/N-ethyl adjacent to an activating group) is 1. The molecule has 7 nitrogen and oxygen atoms in total. The van der Waals surface area contributed by atoms with Crippen LogP contribution in [0.4, 0.5) is 0 Å². The summed E-state index contributed by atoms with van der Waals surface area (Å²) in [6, 6.07) is 9.53. The average Bonchev–Trinajstić information content (AvgIpc) is 3.27. The number of para-hydroxylation sites is 2. The van der Waals surface area contributed by atoms with Crippen molar-refractivity contribution in [2.75, 3.05) is 32.8 Å². The van der Waals surface area contributed by atoms with Gasteiger partial charge in [-0.15, -0.1) is 0 Å². The van der Waals surface area contributed by atoms with Crippen LogP contribution in [0.15, 0.2) is 42.7 Å². The lowest BCUT2D eigenvalue weighted by atomic mass is 9.86. The molecular formula is C20H26N4O3. The van der Waals surface area contributed by atoms with Crippen molar-refractivity contribution in [2.45, 2.75) is 31.4 Å². The number of aromatic nitrogens is 2. The van der Waals surface area contributed by atoms with E-state index in [1.165, 1.54) is 0 Å². The molecule has 3 heterocycles. The standard InChI is InChI=1S/C20H26N4O3/c1-2-23(14-16-15-26-17-6-3-4-7-18(17)27-16)19(25)20(8-11-21-12-9-20)24-13-5-10-22-24/h3-7,10,13,16,21H,2,8-9,11-12,14-15H2,1H3. The second kappa shape index (κ2) is 7.60. The monoisotopic (exact) mass is 370 g/mol. The number of piperidine rings is 1. The van der Waals surface area contributed by atoms with Crippen LogP contribution in [-0.4, -0.2) is 59.5 Å². The van der Waals surface area contributed by atoms with Gasteiger partial charge >= 0.3 is 0 Å². The predicted octanol–water partition coefficient (Wildman–Crippen LogP) is 1.65. The Bertz CT molecular complexity index is 771. The van der Waals surface area contributed by atoms with E-state index in [1.54, 1.807) is 6.20 Å². The van der Waals surface area contributed by atoms with Gasteiger partial charge in [0.2, 0.25) is 0 Å². The molecule has 2 aromatic rings. The molecule has 27 heavy (non-hydrogen) atoms. The Labute approximate surface area is 159 Å². The number of benzene rings is 1. The van der Waals surface area contributed by atoms with E-state index in [0.29, 0.717) is 19.7 Å². The van der Waals surface area contributed by atoms with Gasteiger partial charge in [0.05, 0.1) is 6.54 Å². The van der Waals surface area contributed by atoms with Crippen molar-refractivity contribution >= 4 is 5.91 Å². The molecule has 1 unspecified atom stereocenters. The van der Waals surface area contributed by atoms with Gasteiger partial charge in [0.25, 0.3) is 5.91 Å². The first-order chi connectivity index (χ1) is 13.2. The fraction of sp³-hybridized carbons (Fsp3) is 0.500. The molecule has 1 saturated heterocycles. The first-order valence-corrected chi connectivity index (χ1v) is 9.61. The van der Waals surface area contributed by atoms with E-state index in [2.05, 4.69) is 10.4 Å². The van der Waals surface area contributed by atoms with Crippen molar-refractivity contribution in [2.24, 2.45) is 0 Å². The molecule has 144 valence electrons. The number of hydrogen-bond donors (Lipinski definition) is 1. The fourth-order valence-electron chi connectivity index (χ4n) is 3.95. The lowest BCUT2D eigenvalue weighted by molar-refractivity contribution is -0.144. The summed E-state index contributed by atoms with van der Waals surface area (Å²) >= 11 is 0. The highest BCUT2D eigenvalue weighted by atomic mass is 16.6. The summed E-state index contributed by atoms with van der Waals surface area (Å²) in [5, 5.41) is 7.76. The Hall–Kier alpha value is -2.54. The summed E-state index contributed by atoms with van der Waals surface area (Å²) in [5.74, 6) is 1.60. The fourth-order valence-corrected chi connectivity index (χ4v) is 3.95. The van der Waals surface area contributed by atoms with Gasteiger partial charge in [-0.1, -0.05) is 12.1 Å². The molecule has 7 heteroatoms. The van der Waals surface area contributed by atoms with Gasteiger partial charge in [-0.05, 0) is 51.1 Å². The third-order valence-electron chi connectivity index (χ3n) is 5.43. The second-order valence-electron chi connectivity index (χ2n) is 7.07. The van der Waals surface area contributed by atoms with Crippen molar-refractivity contribution in [3.05, 3.63) is 42.7 Å². The molecule has 0 spiro atoms. The molecule has 0 aliphatic carbocycles. The van der Waals surface area contributed by atoms with Gasteiger partial charge in [-0.2, -0.15) is 5.10 Å². The van der Waals surface area contributed by atoms with Crippen LogP contribution in [0, 0.1) is 0 Å². The van der Waals surface area contributed by atoms with E-state index in [1.807, 2.05) is 53.0 Å². The lowest BCUT2D eigenvalue weighted by Crippen LogP contribution is -2.57. The van der Waals surface area contributed by atoms with Crippen molar-refractivity contribution < 1.29 is 14.3 Å². The van der Waals surface area contributed by atoms with Gasteiger partial charge in [-0.25, -0.2) is 0 Å². The first kappa shape index (κ1) is 17.9. The number of nitrogens with zero attached hydrogens (tertiary/aromatic N) is 3. The molecule has 0 bridgehead atoms. The van der Waals surface area contributed by atoms with Crippen LogP contribution in [0.25, 0.3) is 0 Å². The van der Waals surface area contributed by atoms with Gasteiger partial charge in [-0.3, -0.25) is 9.48 Å². The third kappa shape index (κ3) is 3.39. The zero-order valence-corrected chi connectivity index (χ0v) is 15.6. The minimum absolute atomic E-state index is 0.109. The lowest BCUT2D eigenvalue weighted by Gasteiger charge is -2.41. The van der Waals surface area contributed by atoms with Gasteiger partial charge in [0.15, 0.2) is 17.6 Å². The number of carbonyl (C=O) groups is 1. The zero-order valence-electron chi connectivity index (χ0n) is 15.6. The summed E-state index contributed by atoms with van der Waals surface area (Å²) in [6.07, 6.45) is 4.92. The van der Waals surface area contributed by atoms with Gasteiger partial charge in [0.1, 0.15) is 12.1 Å². The molecule has 2 aliphatic rings. The van der Waals surface area contributed by atoms with E-state index in [4.69, 9.17) is 9.47 Å². The van der Waals surface area contributed by atoms with E-state index < -0.39 is 5.54 Å². The Morgan fingerprint density at radius 2 is 2.07 bits per heavy atom. The van der Waals surface area contributed by atoms with Crippen LogP contribution in [-0.2, 0) is 10.3 Å². The Morgan fingerprint density at radius 1 is 1.30 bits per heavy atom. The molecular weight excluding hydrogens is 344 g/mol. The molecule has 1 fully saturated rings. The number of carbonyl (C=O) groups excluding carboxylic acids is 1. The van der Waals surface area contributed by atoms with E-state index >= 15 is 0 Å². The van der Waals surface area contributed by atoms with E-state index in [0.717, 1.165) is 37.4 Å². The molecule has 1 aromatic heterocycles. The second-order valence-corrected chi connectivity index (χ2v) is 7.07. The third-order valence-corrected chi connectivity index (χ3v) is 5.43. The smallest absolute Gasteiger partial charge is 0.250 e. The summed E-state index contributed by atoms with van der Waals surface area (Å²) in [4.78, 5) is 15.5. The number of ether oxygens (including phenoxy) is 2. The summed E-state index contributed by atoms with van der Waals surface area (Å²) in [6.45, 7) is 5.18. The topological polar surface area (TPSA) is 68.6 Å². The zero-order chi connectivity index (χ0) is 18.7. The van der Waals surface area contributed by atoms with Crippen LogP contribution >= 0.6 is 0 Å². The van der Waals surface area contributed by atoms with Gasteiger partial charge in [0, 0.05) is 18.9 Å². The first-order valence-electron chi connectivity index (χ1n) is 9.61. The average molecular weight is 370 g/mol. The van der Waals surface area contributed by atoms with Crippen molar-refractivity contribution in [3.8, 4) is 11.5 Å². The SMILES string of the molecule is CCN(CC1COc2ccccc2O1)C(=O)C1(n2cccn2)CCNCC1. The Morgan fingerprint density at radius 3 is 2.78 bits per heavy atom. The van der Waals surface area contributed by atoms with Crippen molar-refractivity contribution in [1.29, 1.82) is 0 Å². The van der Waals surface area contributed by atoms with Crippen LogP contribution in [0.3, 0.4) is 0 Å². The van der Waals surface area contributed by atoms with Crippen LogP contribution in [0.5, 0.6) is 11.5 Å². The maximum absolute atomic E-state index is 13.6. The predicted molar refractivity (Wildman–Crippen MR) is 101 cm³/mol. The minimum Gasteiger partial charge on any atom is -0.486 e. The van der Waals surface area contributed by atoms with E-state index in [-0.39, 0.29) is 12.0 Å². The van der Waals surface area contributed by atoms with E-state index in [9.17, 15) is 4.79 Å². The number of rotatable bonds is 5. The molecule has 1 aromatic carbocycles. The number of fused-ring (bicyclic) bond motifs is 1. The highest BCUT2D eigenvalue weighted by Crippen LogP contribution is 2.32. The molecule has 1 N–H and O–H groups in total. The normalized spacial score (nSPS) is 20.9. The number of nitrogens with one attached hydrogen (secondary N) is 1. The van der Waals surface area contributed by atoms with Crippen LogP contribution in [0.2, 0.25) is 0 Å². The highest BCUT2D eigenvalue weighted by Gasteiger charge is 2.44. The Kier molecular flexibility index (Phi) is 5.03. The van der Waals surface area contributed by atoms with Crippen molar-refractivity contribution in [1.82, 2.24) is 20.0 Å². The summed E-state index contributed by atoms with van der Waals surface area (Å²) < 4.78 is 13.7. The Balaban J connectivity index is 1.52. The van der Waals surface area contributed by atoms with Crippen LogP contribution < -0.4 is 14.8 Å². The van der Waals surface area contributed by atoms with Crippen LogP contribution in [0.1, 0.15) is 19.8 Å². The summed E-state index contributed by atoms with van der Waals surface area (Å²) in [5.41, 5.74) is -0.627. The molecule has 0 saturated carbocycles. The minimum atomic E-state index is -0.627. The maximum atomic E-state index is 13.6. The maximum Gasteiger partial charge on any atom is 0.250 e. The number of hydrogen-bond acceptors (Lipinski definition) is 5. The molecule has 4 rings (SSSR count).